The Morgan fingerprint density at radius 2 is 1.87 bits per heavy atom. The average Bonchev–Trinajstić information content (AvgIpc) is 2.51. The van der Waals surface area contributed by atoms with Crippen molar-refractivity contribution >= 4 is 41.5 Å². The van der Waals surface area contributed by atoms with E-state index >= 15 is 0 Å². The molecule has 130 valence electrons. The van der Waals surface area contributed by atoms with Crippen LogP contribution in [0.2, 0.25) is 10.0 Å². The van der Waals surface area contributed by atoms with Crippen molar-refractivity contribution < 1.29 is 9.53 Å². The van der Waals surface area contributed by atoms with Gasteiger partial charge in [0, 0.05) is 35.6 Å². The summed E-state index contributed by atoms with van der Waals surface area (Å²) >= 11 is 11.9. The van der Waals surface area contributed by atoms with E-state index in [0.717, 1.165) is 25.9 Å². The van der Waals surface area contributed by atoms with Gasteiger partial charge in [-0.25, -0.2) is 0 Å². The predicted octanol–water partition coefficient (Wildman–Crippen LogP) is 3.63. The third-order valence-electron chi connectivity index (χ3n) is 4.02. The maximum atomic E-state index is 12.1. The van der Waals surface area contributed by atoms with Gasteiger partial charge in [0.05, 0.1) is 6.61 Å². The molecule has 0 bridgehead atoms. The van der Waals surface area contributed by atoms with Gasteiger partial charge in [-0.1, -0.05) is 30.1 Å². The Morgan fingerprint density at radius 3 is 2.39 bits per heavy atom. The maximum absolute atomic E-state index is 12.1. The van der Waals surface area contributed by atoms with Crippen LogP contribution >= 0.6 is 35.6 Å². The zero-order valence-electron chi connectivity index (χ0n) is 13.1. The molecule has 0 aliphatic carbocycles. The molecule has 1 saturated heterocycles. The van der Waals surface area contributed by atoms with Crippen LogP contribution in [-0.4, -0.2) is 37.0 Å². The second kappa shape index (κ2) is 9.58. The molecule has 0 aromatic heterocycles. The molecule has 2 rings (SSSR count). The highest BCUT2D eigenvalue weighted by Gasteiger charge is 2.25. The molecule has 0 radical (unpaired) electrons. The molecule has 1 fully saturated rings. The summed E-state index contributed by atoms with van der Waals surface area (Å²) in [5.74, 6) is 1.19. The first-order chi connectivity index (χ1) is 10.5. The lowest BCUT2D eigenvalue weighted by atomic mass is 9.96. The Kier molecular flexibility index (Phi) is 8.48. The molecular formula is C16H23Cl3N2O2. The fourth-order valence-corrected chi connectivity index (χ4v) is 3.06. The Bertz CT molecular complexity index is 500. The van der Waals surface area contributed by atoms with E-state index in [1.807, 2.05) is 11.8 Å². The van der Waals surface area contributed by atoms with E-state index in [-0.39, 0.29) is 24.2 Å². The van der Waals surface area contributed by atoms with Crippen molar-refractivity contribution in [2.24, 2.45) is 17.6 Å². The summed E-state index contributed by atoms with van der Waals surface area (Å²) in [6.45, 7) is 4.43. The number of hydrogen-bond acceptors (Lipinski definition) is 3. The second-order valence-corrected chi connectivity index (χ2v) is 6.69. The summed E-state index contributed by atoms with van der Waals surface area (Å²) in [5.41, 5.74) is 5.55. The number of piperidine rings is 1. The van der Waals surface area contributed by atoms with Crippen molar-refractivity contribution in [3.63, 3.8) is 0 Å². The average molecular weight is 382 g/mol. The van der Waals surface area contributed by atoms with Crippen molar-refractivity contribution in [1.82, 2.24) is 4.90 Å². The lowest BCUT2D eigenvalue weighted by Gasteiger charge is -2.33. The van der Waals surface area contributed by atoms with Crippen LogP contribution in [0.25, 0.3) is 0 Å². The highest BCUT2D eigenvalue weighted by molar-refractivity contribution is 6.34. The zero-order valence-corrected chi connectivity index (χ0v) is 15.5. The molecule has 2 N–H and O–H groups in total. The third-order valence-corrected chi connectivity index (χ3v) is 4.46. The minimum absolute atomic E-state index is 0. The number of carbonyl (C=O) groups excluding carboxylic acids is 1. The highest BCUT2D eigenvalue weighted by atomic mass is 35.5. The second-order valence-electron chi connectivity index (χ2n) is 5.82. The van der Waals surface area contributed by atoms with E-state index in [9.17, 15) is 4.79 Å². The lowest BCUT2D eigenvalue weighted by molar-refractivity contribution is -0.136. The number of likely N-dealkylation sites (tertiary alicyclic amines) is 1. The molecule has 1 unspecified atom stereocenters. The van der Waals surface area contributed by atoms with E-state index < -0.39 is 0 Å². The van der Waals surface area contributed by atoms with Crippen LogP contribution in [0, 0.1) is 11.8 Å². The zero-order chi connectivity index (χ0) is 16.1. The molecule has 1 aliphatic heterocycles. The Balaban J connectivity index is 0.00000264. The Morgan fingerprint density at radius 1 is 1.30 bits per heavy atom. The molecule has 0 spiro atoms. The van der Waals surface area contributed by atoms with Crippen LogP contribution in [0.4, 0.5) is 0 Å². The molecule has 1 amide bonds. The number of ether oxygens (including phenoxy) is 1. The number of benzene rings is 1. The molecule has 7 heteroatoms. The van der Waals surface area contributed by atoms with E-state index in [2.05, 4.69) is 0 Å². The summed E-state index contributed by atoms with van der Waals surface area (Å²) in [6.07, 6.45) is 1.88. The van der Waals surface area contributed by atoms with Crippen molar-refractivity contribution in [1.29, 1.82) is 0 Å². The summed E-state index contributed by atoms with van der Waals surface area (Å²) in [4.78, 5) is 14.0. The number of rotatable bonds is 5. The highest BCUT2D eigenvalue weighted by Crippen LogP contribution is 2.26. The molecule has 1 aromatic rings. The van der Waals surface area contributed by atoms with Crippen LogP contribution in [0.15, 0.2) is 18.2 Å². The molecule has 1 atom stereocenters. The van der Waals surface area contributed by atoms with Crippen molar-refractivity contribution in [3.05, 3.63) is 28.2 Å². The van der Waals surface area contributed by atoms with Gasteiger partial charge in [0.15, 0.2) is 0 Å². The predicted molar refractivity (Wildman–Crippen MR) is 96.7 cm³/mol. The van der Waals surface area contributed by atoms with Crippen LogP contribution in [0.5, 0.6) is 5.75 Å². The number of nitrogens with zero attached hydrogens (tertiary/aromatic N) is 1. The Hall–Kier alpha value is -0.680. The lowest BCUT2D eigenvalue weighted by Crippen LogP contribution is -2.43. The van der Waals surface area contributed by atoms with Gasteiger partial charge < -0.3 is 15.4 Å². The first-order valence-corrected chi connectivity index (χ1v) is 8.33. The molecule has 0 saturated carbocycles. The molecule has 1 heterocycles. The minimum atomic E-state index is -0.0959. The van der Waals surface area contributed by atoms with Gasteiger partial charge in [0.2, 0.25) is 5.91 Å². The van der Waals surface area contributed by atoms with Gasteiger partial charge in [-0.05, 0) is 37.0 Å². The SMILES string of the molecule is CC(CN)C(=O)N1CCC(COc2cc(Cl)cc(Cl)c2)CC1.Cl. The normalized spacial score (nSPS) is 16.6. The van der Waals surface area contributed by atoms with Crippen molar-refractivity contribution in [2.45, 2.75) is 19.8 Å². The fourth-order valence-electron chi connectivity index (χ4n) is 2.56. The quantitative estimate of drug-likeness (QED) is 0.847. The molecule has 23 heavy (non-hydrogen) atoms. The number of hydrogen-bond donors (Lipinski definition) is 1. The monoisotopic (exact) mass is 380 g/mol. The van der Waals surface area contributed by atoms with E-state index in [0.29, 0.717) is 34.9 Å². The third kappa shape index (κ3) is 6.03. The standard InChI is InChI=1S/C16H22Cl2N2O2.ClH/c1-11(9-19)16(21)20-4-2-12(3-5-20)10-22-15-7-13(17)6-14(18)8-15;/h6-8,11-12H,2-5,9-10,19H2,1H3;1H. The number of amides is 1. The van der Waals surface area contributed by atoms with Crippen LogP contribution in [-0.2, 0) is 4.79 Å². The van der Waals surface area contributed by atoms with Crippen LogP contribution < -0.4 is 10.5 Å². The van der Waals surface area contributed by atoms with Crippen LogP contribution in [0.3, 0.4) is 0 Å². The van der Waals surface area contributed by atoms with Gasteiger partial charge >= 0.3 is 0 Å². The summed E-state index contributed by atoms with van der Waals surface area (Å²) < 4.78 is 5.78. The largest absolute Gasteiger partial charge is 0.493 e. The van der Waals surface area contributed by atoms with Gasteiger partial charge in [0.1, 0.15) is 5.75 Å². The summed E-state index contributed by atoms with van der Waals surface area (Å²) in [7, 11) is 0. The van der Waals surface area contributed by atoms with Gasteiger partial charge in [-0.2, -0.15) is 0 Å². The van der Waals surface area contributed by atoms with Gasteiger partial charge in [0.25, 0.3) is 0 Å². The number of halogens is 3. The molecule has 1 aromatic carbocycles. The maximum Gasteiger partial charge on any atom is 0.226 e. The first kappa shape index (κ1) is 20.4. The molecule has 4 nitrogen and oxygen atoms in total. The topological polar surface area (TPSA) is 55.6 Å². The van der Waals surface area contributed by atoms with E-state index in [1.54, 1.807) is 18.2 Å². The summed E-state index contributed by atoms with van der Waals surface area (Å²) in [6, 6.07) is 5.20. The van der Waals surface area contributed by atoms with E-state index in [4.69, 9.17) is 33.7 Å². The minimum Gasteiger partial charge on any atom is -0.493 e. The first-order valence-electron chi connectivity index (χ1n) is 7.57. The van der Waals surface area contributed by atoms with Gasteiger partial charge in [-0.15, -0.1) is 12.4 Å². The smallest absolute Gasteiger partial charge is 0.226 e. The number of nitrogens with two attached hydrogens (primary N) is 1. The van der Waals surface area contributed by atoms with Crippen molar-refractivity contribution in [3.8, 4) is 5.75 Å². The summed E-state index contributed by atoms with van der Waals surface area (Å²) in [5, 5.41) is 1.14. The van der Waals surface area contributed by atoms with Gasteiger partial charge in [-0.3, -0.25) is 4.79 Å². The van der Waals surface area contributed by atoms with E-state index in [1.165, 1.54) is 0 Å². The molecular weight excluding hydrogens is 359 g/mol. The van der Waals surface area contributed by atoms with Crippen LogP contribution in [0.1, 0.15) is 19.8 Å². The number of carbonyl (C=O) groups is 1. The molecule has 1 aliphatic rings. The fraction of sp³-hybridized carbons (Fsp3) is 0.562. The Labute approximate surface area is 153 Å². The van der Waals surface area contributed by atoms with Crippen molar-refractivity contribution in [2.75, 3.05) is 26.2 Å².